The molecule has 0 aromatic carbocycles. The Balaban J connectivity index is 4.47. The van der Waals surface area contributed by atoms with Crippen LogP contribution in [0.4, 0.5) is 0 Å². The van der Waals surface area contributed by atoms with Crippen LogP contribution in [0.15, 0.2) is 12.2 Å². The molecular weight excluding hydrogens is 400 g/mol. The molecule has 0 saturated carbocycles. The second-order valence-electron chi connectivity index (χ2n) is 9.14. The van der Waals surface area contributed by atoms with E-state index < -0.39 is 11.9 Å². The van der Waals surface area contributed by atoms with Crippen LogP contribution < -0.4 is 0 Å². The normalized spacial score (nSPS) is 13.2. The first-order valence-electron chi connectivity index (χ1n) is 13.7. The van der Waals surface area contributed by atoms with E-state index in [1.807, 2.05) is 0 Å². The van der Waals surface area contributed by atoms with Gasteiger partial charge in [0.25, 0.3) is 0 Å². The highest BCUT2D eigenvalue weighted by Gasteiger charge is 2.15. The van der Waals surface area contributed by atoms with Crippen molar-refractivity contribution in [1.29, 1.82) is 0 Å². The maximum Gasteiger partial charge on any atom is 0.331 e. The van der Waals surface area contributed by atoms with Crippen LogP contribution in [-0.4, -0.2) is 24.1 Å². The Hall–Kier alpha value is -1.32. The fourth-order valence-electron chi connectivity index (χ4n) is 3.88. The predicted octanol–water partition coefficient (Wildman–Crippen LogP) is 8.47. The molecule has 0 bridgehead atoms. The predicted molar refractivity (Wildman–Crippen MR) is 135 cm³/mol. The van der Waals surface area contributed by atoms with Gasteiger partial charge in [0.15, 0.2) is 0 Å². The average Bonchev–Trinajstić information content (AvgIpc) is 2.78. The van der Waals surface area contributed by atoms with E-state index >= 15 is 0 Å². The molecule has 0 aromatic heterocycles. The van der Waals surface area contributed by atoms with Crippen LogP contribution in [0.5, 0.6) is 0 Å². The van der Waals surface area contributed by atoms with E-state index in [-0.39, 0.29) is 12.2 Å². The number of ether oxygens (including phenoxy) is 2. The largest absolute Gasteiger partial charge is 0.459 e. The Morgan fingerprint density at radius 1 is 0.500 bits per heavy atom. The van der Waals surface area contributed by atoms with Gasteiger partial charge in [0, 0.05) is 12.2 Å². The third-order valence-corrected chi connectivity index (χ3v) is 5.94. The molecule has 0 saturated heterocycles. The van der Waals surface area contributed by atoms with Crippen LogP contribution in [0.1, 0.15) is 143 Å². The molecule has 4 nitrogen and oxygen atoms in total. The number of carbonyl (C=O) groups excluding carboxylic acids is 2. The second-order valence-corrected chi connectivity index (χ2v) is 9.14. The van der Waals surface area contributed by atoms with Gasteiger partial charge in [0.05, 0.1) is 0 Å². The van der Waals surface area contributed by atoms with Gasteiger partial charge in [-0.1, -0.05) is 105 Å². The smallest absolute Gasteiger partial charge is 0.331 e. The quantitative estimate of drug-likeness (QED) is 0.0938. The Kier molecular flexibility index (Phi) is 21.9. The summed E-state index contributed by atoms with van der Waals surface area (Å²) in [5.41, 5.74) is 0. The van der Waals surface area contributed by atoms with Crippen LogP contribution >= 0.6 is 0 Å². The lowest BCUT2D eigenvalue weighted by Crippen LogP contribution is -2.19. The summed E-state index contributed by atoms with van der Waals surface area (Å²) in [5.74, 6) is -0.859. The minimum atomic E-state index is -0.429. The number of hydrogen-bond acceptors (Lipinski definition) is 4. The maximum atomic E-state index is 12.3. The van der Waals surface area contributed by atoms with Gasteiger partial charge < -0.3 is 9.47 Å². The number of unbranched alkanes of at least 4 members (excludes halogenated alkanes) is 10. The molecule has 32 heavy (non-hydrogen) atoms. The van der Waals surface area contributed by atoms with Crippen molar-refractivity contribution in [1.82, 2.24) is 0 Å². The maximum absolute atomic E-state index is 12.3. The summed E-state index contributed by atoms with van der Waals surface area (Å²) in [4.78, 5) is 24.5. The zero-order valence-corrected chi connectivity index (χ0v) is 21.7. The van der Waals surface area contributed by atoms with Gasteiger partial charge in [-0.2, -0.15) is 0 Å². The van der Waals surface area contributed by atoms with E-state index in [2.05, 4.69) is 27.7 Å². The Labute approximate surface area is 198 Å². The monoisotopic (exact) mass is 452 g/mol. The third-order valence-electron chi connectivity index (χ3n) is 5.94. The first kappa shape index (κ1) is 30.7. The minimum absolute atomic E-state index is 0.0508. The highest BCUT2D eigenvalue weighted by Crippen LogP contribution is 2.16. The lowest BCUT2D eigenvalue weighted by molar-refractivity contribution is -0.146. The summed E-state index contributed by atoms with van der Waals surface area (Å²) in [7, 11) is 0. The third kappa shape index (κ3) is 19.4. The highest BCUT2D eigenvalue weighted by molar-refractivity contribution is 5.91. The fourth-order valence-corrected chi connectivity index (χ4v) is 3.88. The summed E-state index contributed by atoms with van der Waals surface area (Å²) in [6.07, 6.45) is 22.3. The van der Waals surface area contributed by atoms with Crippen LogP contribution in [-0.2, 0) is 19.1 Å². The highest BCUT2D eigenvalue weighted by atomic mass is 16.5. The summed E-state index contributed by atoms with van der Waals surface area (Å²) in [6, 6.07) is 0. The van der Waals surface area contributed by atoms with Gasteiger partial charge in [-0.15, -0.1) is 0 Å². The van der Waals surface area contributed by atoms with Crippen LogP contribution in [0.2, 0.25) is 0 Å². The van der Waals surface area contributed by atoms with Crippen molar-refractivity contribution >= 4 is 11.9 Å². The van der Waals surface area contributed by atoms with E-state index in [1.54, 1.807) is 0 Å². The van der Waals surface area contributed by atoms with E-state index in [0.717, 1.165) is 64.2 Å². The molecule has 0 aliphatic carbocycles. The molecule has 0 fully saturated rings. The van der Waals surface area contributed by atoms with Crippen molar-refractivity contribution in [3.8, 4) is 0 Å². The van der Waals surface area contributed by atoms with Crippen molar-refractivity contribution < 1.29 is 19.1 Å². The van der Waals surface area contributed by atoms with Crippen LogP contribution in [0.3, 0.4) is 0 Å². The van der Waals surface area contributed by atoms with Crippen molar-refractivity contribution in [3.63, 3.8) is 0 Å². The standard InChI is InChI=1S/C28H52O4/c1-5-9-13-15-17-21-25(19-11-7-3)31-27(29)23-24-28(30)32-26(20-12-8-4)22-18-16-14-10-6-2/h23-26H,5-22H2,1-4H3/b24-23-. The lowest BCUT2D eigenvalue weighted by atomic mass is 10.0. The molecule has 0 amide bonds. The molecular formula is C28H52O4. The molecule has 0 aliphatic rings. The summed E-state index contributed by atoms with van der Waals surface area (Å²) >= 11 is 0. The molecule has 0 N–H and O–H groups in total. The second kappa shape index (κ2) is 22.9. The van der Waals surface area contributed by atoms with E-state index in [1.165, 1.54) is 63.5 Å². The van der Waals surface area contributed by atoms with E-state index in [4.69, 9.17) is 9.47 Å². The van der Waals surface area contributed by atoms with Crippen molar-refractivity contribution in [2.24, 2.45) is 0 Å². The molecule has 0 rings (SSSR count). The fraction of sp³-hybridized carbons (Fsp3) is 0.857. The number of esters is 2. The van der Waals surface area contributed by atoms with Gasteiger partial charge in [0.1, 0.15) is 12.2 Å². The molecule has 0 radical (unpaired) electrons. The van der Waals surface area contributed by atoms with Crippen LogP contribution in [0, 0.1) is 0 Å². The Morgan fingerprint density at radius 2 is 0.812 bits per heavy atom. The zero-order chi connectivity index (χ0) is 23.9. The topological polar surface area (TPSA) is 52.6 Å². The molecule has 0 aromatic rings. The summed E-state index contributed by atoms with van der Waals surface area (Å²) in [5, 5.41) is 0. The Bertz CT molecular complexity index is 430. The zero-order valence-electron chi connectivity index (χ0n) is 21.7. The number of rotatable bonds is 22. The van der Waals surface area contributed by atoms with Gasteiger partial charge in [-0.25, -0.2) is 9.59 Å². The molecule has 0 aliphatic heterocycles. The van der Waals surface area contributed by atoms with E-state index in [0.29, 0.717) is 0 Å². The van der Waals surface area contributed by atoms with Crippen molar-refractivity contribution in [2.75, 3.05) is 0 Å². The number of hydrogen-bond donors (Lipinski definition) is 0. The Morgan fingerprint density at radius 3 is 1.16 bits per heavy atom. The van der Waals surface area contributed by atoms with Gasteiger partial charge in [0.2, 0.25) is 0 Å². The molecule has 2 atom stereocenters. The first-order valence-corrected chi connectivity index (χ1v) is 13.7. The number of carbonyl (C=O) groups is 2. The summed E-state index contributed by atoms with van der Waals surface area (Å²) in [6.45, 7) is 8.72. The summed E-state index contributed by atoms with van der Waals surface area (Å²) < 4.78 is 11.3. The molecule has 2 unspecified atom stereocenters. The molecule has 188 valence electrons. The van der Waals surface area contributed by atoms with Crippen molar-refractivity contribution in [3.05, 3.63) is 12.2 Å². The lowest BCUT2D eigenvalue weighted by Gasteiger charge is -2.17. The van der Waals surface area contributed by atoms with Crippen LogP contribution in [0.25, 0.3) is 0 Å². The average molecular weight is 453 g/mol. The minimum Gasteiger partial charge on any atom is -0.459 e. The van der Waals surface area contributed by atoms with Gasteiger partial charge in [-0.3, -0.25) is 0 Å². The van der Waals surface area contributed by atoms with Gasteiger partial charge in [-0.05, 0) is 38.5 Å². The first-order chi connectivity index (χ1) is 15.6. The molecule has 0 spiro atoms. The SMILES string of the molecule is CCCCCCCC(CCCC)OC(=O)/C=C\C(=O)OC(CCCC)CCCCCCC. The van der Waals surface area contributed by atoms with E-state index in [9.17, 15) is 9.59 Å². The molecule has 0 heterocycles. The van der Waals surface area contributed by atoms with Crippen molar-refractivity contribution in [2.45, 2.75) is 155 Å². The van der Waals surface area contributed by atoms with Gasteiger partial charge >= 0.3 is 11.9 Å². The molecule has 4 heteroatoms.